The fraction of sp³-hybridized carbons (Fsp3) is 0.909. The van der Waals surface area contributed by atoms with Gasteiger partial charge >= 0.3 is 5.97 Å². The number of hydrogen-bond donors (Lipinski definition) is 0. The van der Waals surface area contributed by atoms with Gasteiger partial charge in [-0.15, -0.1) is 0 Å². The van der Waals surface area contributed by atoms with Crippen molar-refractivity contribution in [1.29, 1.82) is 0 Å². The molecule has 90 valence electrons. The average molecular weight is 234 g/mol. The summed E-state index contributed by atoms with van der Waals surface area (Å²) in [5.74, 6) is 1.53. The van der Waals surface area contributed by atoms with Gasteiger partial charge in [-0.05, 0) is 20.8 Å². The van der Waals surface area contributed by atoms with Crippen molar-refractivity contribution < 1.29 is 14.3 Å². The van der Waals surface area contributed by atoms with Gasteiger partial charge in [-0.2, -0.15) is 11.8 Å². The van der Waals surface area contributed by atoms with Crippen LogP contribution in [0.15, 0.2) is 0 Å². The Bertz CT molecular complexity index is 187. The van der Waals surface area contributed by atoms with E-state index in [-0.39, 0.29) is 17.5 Å². The Balaban J connectivity index is 3.43. The number of ether oxygens (including phenoxy) is 2. The Labute approximate surface area is 96.9 Å². The molecule has 0 heterocycles. The molecule has 0 aliphatic carbocycles. The molecule has 3 nitrogen and oxygen atoms in total. The number of carbonyl (C=O) groups is 1. The van der Waals surface area contributed by atoms with Gasteiger partial charge in [0.1, 0.15) is 0 Å². The molecule has 1 atom stereocenters. The highest BCUT2D eigenvalue weighted by molar-refractivity contribution is 7.99. The minimum atomic E-state index is -0.140. The van der Waals surface area contributed by atoms with Crippen molar-refractivity contribution >= 4 is 17.7 Å². The molecule has 0 aromatic carbocycles. The maximum Gasteiger partial charge on any atom is 0.309 e. The first kappa shape index (κ1) is 14.8. The monoisotopic (exact) mass is 234 g/mol. The lowest BCUT2D eigenvalue weighted by atomic mass is 10.2. The van der Waals surface area contributed by atoms with Gasteiger partial charge in [0.05, 0.1) is 25.2 Å². The van der Waals surface area contributed by atoms with Crippen LogP contribution in [0, 0.1) is 5.92 Å². The zero-order valence-electron chi connectivity index (χ0n) is 10.3. The van der Waals surface area contributed by atoms with E-state index in [1.54, 1.807) is 11.8 Å². The topological polar surface area (TPSA) is 35.5 Å². The first-order valence-electron chi connectivity index (χ1n) is 5.16. The number of methoxy groups -OCH3 is 1. The SMILES string of the molecule is COC(=O)C(C)CSCCOC(C)(C)C. The van der Waals surface area contributed by atoms with Crippen LogP contribution >= 0.6 is 11.8 Å². The van der Waals surface area contributed by atoms with E-state index < -0.39 is 0 Å². The third kappa shape index (κ3) is 8.75. The zero-order chi connectivity index (χ0) is 11.9. The van der Waals surface area contributed by atoms with Crippen LogP contribution < -0.4 is 0 Å². The smallest absolute Gasteiger partial charge is 0.309 e. The molecule has 0 aliphatic heterocycles. The Morgan fingerprint density at radius 2 is 2.00 bits per heavy atom. The van der Waals surface area contributed by atoms with Crippen molar-refractivity contribution in [3.05, 3.63) is 0 Å². The largest absolute Gasteiger partial charge is 0.469 e. The van der Waals surface area contributed by atoms with Crippen LogP contribution in [0.3, 0.4) is 0 Å². The molecule has 0 aromatic heterocycles. The molecule has 0 bridgehead atoms. The van der Waals surface area contributed by atoms with Crippen LogP contribution in [0.1, 0.15) is 27.7 Å². The quantitative estimate of drug-likeness (QED) is 0.522. The predicted molar refractivity (Wildman–Crippen MR) is 64.2 cm³/mol. The number of hydrogen-bond acceptors (Lipinski definition) is 4. The lowest BCUT2D eigenvalue weighted by Gasteiger charge is -2.19. The minimum absolute atomic E-state index is 0.0327. The van der Waals surface area contributed by atoms with E-state index in [4.69, 9.17) is 4.74 Å². The van der Waals surface area contributed by atoms with Gasteiger partial charge in [0.25, 0.3) is 0 Å². The molecule has 0 spiro atoms. The number of carbonyl (C=O) groups excluding carboxylic acids is 1. The maximum absolute atomic E-state index is 11.1. The summed E-state index contributed by atoms with van der Waals surface area (Å²) in [7, 11) is 1.42. The second-order valence-corrected chi connectivity index (χ2v) is 5.61. The second-order valence-electron chi connectivity index (χ2n) is 4.46. The second kappa shape index (κ2) is 7.12. The Morgan fingerprint density at radius 3 is 2.47 bits per heavy atom. The van der Waals surface area contributed by atoms with Gasteiger partial charge < -0.3 is 9.47 Å². The third-order valence-corrected chi connectivity index (χ3v) is 2.93. The minimum Gasteiger partial charge on any atom is -0.469 e. The molecule has 0 radical (unpaired) electrons. The van der Waals surface area contributed by atoms with Crippen LogP contribution in [-0.4, -0.2) is 36.8 Å². The van der Waals surface area contributed by atoms with Crippen LogP contribution in [0.5, 0.6) is 0 Å². The van der Waals surface area contributed by atoms with Crippen LogP contribution in [0.25, 0.3) is 0 Å². The highest BCUT2D eigenvalue weighted by atomic mass is 32.2. The van der Waals surface area contributed by atoms with Gasteiger partial charge in [-0.3, -0.25) is 4.79 Å². The number of rotatable bonds is 6. The number of esters is 1. The molecule has 0 saturated carbocycles. The van der Waals surface area contributed by atoms with E-state index in [0.717, 1.165) is 18.1 Å². The highest BCUT2D eigenvalue weighted by Gasteiger charge is 2.13. The van der Waals surface area contributed by atoms with Crippen molar-refractivity contribution in [3.63, 3.8) is 0 Å². The standard InChI is InChI=1S/C11H22O3S/c1-9(10(12)13-5)8-15-7-6-14-11(2,3)4/h9H,6-8H2,1-5H3. The van der Waals surface area contributed by atoms with Gasteiger partial charge in [-0.25, -0.2) is 0 Å². The van der Waals surface area contributed by atoms with Crippen molar-refractivity contribution in [2.24, 2.45) is 5.92 Å². The van der Waals surface area contributed by atoms with E-state index in [2.05, 4.69) is 4.74 Å². The first-order valence-corrected chi connectivity index (χ1v) is 6.32. The number of thioether (sulfide) groups is 1. The van der Waals surface area contributed by atoms with Gasteiger partial charge in [0, 0.05) is 11.5 Å². The zero-order valence-corrected chi connectivity index (χ0v) is 11.1. The summed E-state index contributed by atoms with van der Waals surface area (Å²) in [5.41, 5.74) is -0.0749. The highest BCUT2D eigenvalue weighted by Crippen LogP contribution is 2.12. The lowest BCUT2D eigenvalue weighted by molar-refractivity contribution is -0.144. The predicted octanol–water partition coefficient (Wildman–Crippen LogP) is 2.34. The third-order valence-electron chi connectivity index (χ3n) is 1.73. The molecule has 0 aromatic rings. The molecule has 1 unspecified atom stereocenters. The molecule has 4 heteroatoms. The summed E-state index contributed by atoms with van der Waals surface area (Å²) < 4.78 is 10.2. The molecule has 0 N–H and O–H groups in total. The van der Waals surface area contributed by atoms with E-state index in [0.29, 0.717) is 0 Å². The van der Waals surface area contributed by atoms with E-state index in [1.807, 2.05) is 27.7 Å². The Morgan fingerprint density at radius 1 is 1.40 bits per heavy atom. The lowest BCUT2D eigenvalue weighted by Crippen LogP contribution is -2.21. The maximum atomic E-state index is 11.1. The molecule has 0 amide bonds. The van der Waals surface area contributed by atoms with Gasteiger partial charge in [0.2, 0.25) is 0 Å². The fourth-order valence-electron chi connectivity index (χ4n) is 0.936. The molecule has 15 heavy (non-hydrogen) atoms. The van der Waals surface area contributed by atoms with Crippen molar-refractivity contribution in [2.45, 2.75) is 33.3 Å². The van der Waals surface area contributed by atoms with E-state index in [1.165, 1.54) is 7.11 Å². The van der Waals surface area contributed by atoms with Crippen LogP contribution in [-0.2, 0) is 14.3 Å². The first-order chi connectivity index (χ1) is 6.87. The summed E-state index contributed by atoms with van der Waals surface area (Å²) >= 11 is 1.72. The molecule has 0 saturated heterocycles. The molecule has 0 aliphatic rings. The normalized spacial score (nSPS) is 13.7. The molecular weight excluding hydrogens is 212 g/mol. The van der Waals surface area contributed by atoms with Gasteiger partial charge in [0.15, 0.2) is 0 Å². The van der Waals surface area contributed by atoms with Crippen LogP contribution in [0.2, 0.25) is 0 Å². The van der Waals surface area contributed by atoms with Crippen molar-refractivity contribution in [3.8, 4) is 0 Å². The summed E-state index contributed by atoms with van der Waals surface area (Å²) in [4.78, 5) is 11.1. The summed E-state index contributed by atoms with van der Waals surface area (Å²) in [6, 6.07) is 0. The van der Waals surface area contributed by atoms with Crippen molar-refractivity contribution in [2.75, 3.05) is 25.2 Å². The summed E-state index contributed by atoms with van der Waals surface area (Å²) in [5, 5.41) is 0. The Kier molecular flexibility index (Phi) is 7.02. The van der Waals surface area contributed by atoms with Gasteiger partial charge in [-0.1, -0.05) is 6.92 Å². The fourth-order valence-corrected chi connectivity index (χ4v) is 1.79. The average Bonchev–Trinajstić information content (AvgIpc) is 2.14. The van der Waals surface area contributed by atoms with Crippen molar-refractivity contribution in [1.82, 2.24) is 0 Å². The Hall–Kier alpha value is -0.220. The molecular formula is C11H22O3S. The van der Waals surface area contributed by atoms with Crippen LogP contribution in [0.4, 0.5) is 0 Å². The summed E-state index contributed by atoms with van der Waals surface area (Å²) in [6.45, 7) is 8.71. The van der Waals surface area contributed by atoms with E-state index >= 15 is 0 Å². The summed E-state index contributed by atoms with van der Waals surface area (Å²) in [6.07, 6.45) is 0. The molecule has 0 rings (SSSR count). The molecule has 0 fully saturated rings. The van der Waals surface area contributed by atoms with E-state index in [9.17, 15) is 4.79 Å².